The van der Waals surface area contributed by atoms with Crippen molar-refractivity contribution in [1.82, 2.24) is 0 Å². The van der Waals surface area contributed by atoms with Gasteiger partial charge >= 0.3 is 0 Å². The molecular weight excluding hydrogens is 256 g/mol. The van der Waals surface area contributed by atoms with Crippen LogP contribution in [0, 0.1) is 23.0 Å². The van der Waals surface area contributed by atoms with E-state index in [0.29, 0.717) is 37.0 Å². The average Bonchev–Trinajstić information content (AvgIpc) is 2.37. The molecule has 3 unspecified atom stereocenters. The minimum Gasteiger partial charge on any atom is -0.600 e. The van der Waals surface area contributed by atoms with Gasteiger partial charge in [0.25, 0.3) is 0 Å². The van der Waals surface area contributed by atoms with Crippen molar-refractivity contribution in [2.75, 3.05) is 19.6 Å². The number of hydroxylamine groups is 2. The predicted molar refractivity (Wildman–Crippen MR) is 75.4 cm³/mol. The maximum Gasteiger partial charge on any atom is 0.189 e. The number of ketones is 1. The van der Waals surface area contributed by atoms with Crippen LogP contribution in [-0.2, 0) is 4.79 Å². The monoisotopic (exact) mass is 285 g/mol. The van der Waals surface area contributed by atoms with E-state index in [0.717, 1.165) is 25.9 Å². The first kappa shape index (κ1) is 15.9. The highest BCUT2D eigenvalue weighted by Crippen LogP contribution is 2.23. The molecule has 3 N–H and O–H groups in total. The van der Waals surface area contributed by atoms with Crippen molar-refractivity contribution < 1.29 is 20.1 Å². The van der Waals surface area contributed by atoms with E-state index in [1.165, 1.54) is 11.3 Å². The molecule has 1 aliphatic carbocycles. The van der Waals surface area contributed by atoms with E-state index in [2.05, 4.69) is 13.8 Å². The molecule has 0 amide bonds. The van der Waals surface area contributed by atoms with Gasteiger partial charge in [-0.3, -0.25) is 4.79 Å². The lowest BCUT2D eigenvalue weighted by molar-refractivity contribution is -1.07. The zero-order valence-electron chi connectivity index (χ0n) is 12.7. The molecule has 0 aromatic heterocycles. The molecule has 1 heterocycles. The molecule has 1 saturated carbocycles. The Hall–Kier alpha value is -0.490. The molecule has 116 valence electrons. The highest BCUT2D eigenvalue weighted by molar-refractivity contribution is 5.82. The van der Waals surface area contributed by atoms with Crippen molar-refractivity contribution in [3.05, 3.63) is 5.21 Å². The van der Waals surface area contributed by atoms with Crippen LogP contribution >= 0.6 is 0 Å². The van der Waals surface area contributed by atoms with Gasteiger partial charge in [0.2, 0.25) is 0 Å². The number of hydrogen-bond donors (Lipinski definition) is 3. The summed E-state index contributed by atoms with van der Waals surface area (Å²) in [5.41, 5.74) is 0. The summed E-state index contributed by atoms with van der Waals surface area (Å²) in [7, 11) is 0. The summed E-state index contributed by atoms with van der Waals surface area (Å²) >= 11 is 0. The lowest BCUT2D eigenvalue weighted by Gasteiger charge is -2.34. The fraction of sp³-hybridized carbons (Fsp3) is 0.933. The SMILES string of the molecule is CC1CC(C)C[NH+](CC(=O)C2CCC([NH+]([O-])O)CC2)C1. The topological polar surface area (TPSA) is 69.2 Å². The van der Waals surface area contributed by atoms with Gasteiger partial charge in [0, 0.05) is 30.6 Å². The molecule has 0 spiro atoms. The molecule has 5 nitrogen and oxygen atoms in total. The molecule has 20 heavy (non-hydrogen) atoms. The number of Topliss-reactive ketones (excluding diaryl/α,β-unsaturated/α-hetero) is 1. The van der Waals surface area contributed by atoms with E-state index in [1.807, 2.05) is 0 Å². The summed E-state index contributed by atoms with van der Waals surface area (Å²) in [6, 6.07) is -0.221. The largest absolute Gasteiger partial charge is 0.600 e. The Morgan fingerprint density at radius 3 is 2.25 bits per heavy atom. The molecule has 2 rings (SSSR count). The highest BCUT2D eigenvalue weighted by atomic mass is 16.8. The summed E-state index contributed by atoms with van der Waals surface area (Å²) in [6.45, 7) is 7.43. The van der Waals surface area contributed by atoms with E-state index in [1.54, 1.807) is 0 Å². The number of carbonyl (C=O) groups excluding carboxylic acids is 1. The lowest BCUT2D eigenvalue weighted by atomic mass is 9.83. The molecule has 0 aromatic carbocycles. The minimum atomic E-state index is -0.694. The first-order chi connectivity index (χ1) is 9.45. The number of likely N-dealkylation sites (tertiary alicyclic amines) is 1. The number of rotatable bonds is 4. The average molecular weight is 285 g/mol. The van der Waals surface area contributed by atoms with Crippen molar-refractivity contribution in [2.45, 2.75) is 52.0 Å². The Morgan fingerprint density at radius 2 is 1.75 bits per heavy atom. The van der Waals surface area contributed by atoms with Gasteiger partial charge in [-0.2, -0.15) is 0 Å². The first-order valence-electron chi connectivity index (χ1n) is 8.04. The predicted octanol–water partition coefficient (Wildman–Crippen LogP) is -0.553. The van der Waals surface area contributed by atoms with E-state index in [9.17, 15) is 10.0 Å². The van der Waals surface area contributed by atoms with Gasteiger partial charge in [0.15, 0.2) is 5.78 Å². The van der Waals surface area contributed by atoms with Gasteiger partial charge < -0.3 is 10.1 Å². The third-order valence-corrected chi connectivity index (χ3v) is 5.04. The molecule has 2 aliphatic rings. The third kappa shape index (κ3) is 4.25. The van der Waals surface area contributed by atoms with Crippen LogP contribution in [-0.4, -0.2) is 36.7 Å². The molecule has 5 heteroatoms. The first-order valence-corrected chi connectivity index (χ1v) is 8.04. The Kier molecular flexibility index (Phi) is 5.55. The van der Waals surface area contributed by atoms with E-state index < -0.39 is 5.23 Å². The number of hydrogen-bond acceptors (Lipinski definition) is 3. The van der Waals surface area contributed by atoms with Gasteiger partial charge in [0.05, 0.1) is 13.1 Å². The van der Waals surface area contributed by atoms with Gasteiger partial charge in [-0.25, -0.2) is 10.4 Å². The van der Waals surface area contributed by atoms with Crippen molar-refractivity contribution in [3.63, 3.8) is 0 Å². The van der Waals surface area contributed by atoms with E-state index in [-0.39, 0.29) is 12.0 Å². The Morgan fingerprint density at radius 1 is 1.20 bits per heavy atom. The fourth-order valence-electron chi connectivity index (χ4n) is 4.12. The fourth-order valence-corrected chi connectivity index (χ4v) is 4.12. The second-order valence-electron chi connectivity index (χ2n) is 7.13. The van der Waals surface area contributed by atoms with Gasteiger partial charge in [-0.05, 0) is 19.3 Å². The molecular formula is C15H29N2O3+. The number of nitrogens with one attached hydrogen (secondary N) is 2. The minimum absolute atomic E-state index is 0.116. The summed E-state index contributed by atoms with van der Waals surface area (Å²) in [4.78, 5) is 13.8. The second-order valence-corrected chi connectivity index (χ2v) is 7.13. The van der Waals surface area contributed by atoms with Crippen LogP contribution < -0.4 is 10.1 Å². The van der Waals surface area contributed by atoms with E-state index >= 15 is 0 Å². The van der Waals surface area contributed by atoms with Crippen molar-refractivity contribution in [2.24, 2.45) is 17.8 Å². The van der Waals surface area contributed by atoms with Gasteiger partial charge in [-0.15, -0.1) is 0 Å². The van der Waals surface area contributed by atoms with Crippen LogP contribution in [0.1, 0.15) is 46.0 Å². The molecule has 0 aromatic rings. The molecule has 2 fully saturated rings. The molecule has 0 bridgehead atoms. The van der Waals surface area contributed by atoms with Crippen LogP contribution in [0.2, 0.25) is 0 Å². The number of piperidine rings is 1. The molecule has 0 radical (unpaired) electrons. The smallest absolute Gasteiger partial charge is 0.189 e. The van der Waals surface area contributed by atoms with Crippen LogP contribution in [0.3, 0.4) is 0 Å². The standard InChI is InChI=1S/C15H28N2O3/c1-11-7-12(2)9-16(8-11)10-15(18)13-3-5-14(6-4-13)17(19)20/h11-14,17,19H,3-10H2,1-2H3/p+1. The Balaban J connectivity index is 1.78. The van der Waals surface area contributed by atoms with Crippen molar-refractivity contribution >= 4 is 5.78 Å². The summed E-state index contributed by atoms with van der Waals surface area (Å²) in [6.07, 6.45) is 4.17. The van der Waals surface area contributed by atoms with Crippen molar-refractivity contribution in [3.8, 4) is 0 Å². The molecule has 1 aliphatic heterocycles. The Bertz CT molecular complexity index is 317. The molecule has 1 saturated heterocycles. The molecule has 3 atom stereocenters. The summed E-state index contributed by atoms with van der Waals surface area (Å²) in [5, 5.41) is 19.2. The normalized spacial score (nSPS) is 40.3. The lowest BCUT2D eigenvalue weighted by Crippen LogP contribution is -3.15. The zero-order valence-corrected chi connectivity index (χ0v) is 12.7. The summed E-state index contributed by atoms with van der Waals surface area (Å²) < 4.78 is 0. The highest BCUT2D eigenvalue weighted by Gasteiger charge is 2.33. The van der Waals surface area contributed by atoms with Crippen LogP contribution in [0.15, 0.2) is 0 Å². The third-order valence-electron chi connectivity index (χ3n) is 5.04. The maximum absolute atomic E-state index is 12.4. The Labute approximate surface area is 121 Å². The van der Waals surface area contributed by atoms with Gasteiger partial charge in [0.1, 0.15) is 12.6 Å². The van der Waals surface area contributed by atoms with E-state index in [4.69, 9.17) is 5.21 Å². The summed E-state index contributed by atoms with van der Waals surface area (Å²) in [5.74, 6) is 1.91. The van der Waals surface area contributed by atoms with Crippen LogP contribution in [0.5, 0.6) is 0 Å². The number of quaternary nitrogens is 2. The zero-order chi connectivity index (χ0) is 14.7. The number of carbonyl (C=O) groups is 1. The maximum atomic E-state index is 12.4. The van der Waals surface area contributed by atoms with Gasteiger partial charge in [-0.1, -0.05) is 13.8 Å². The van der Waals surface area contributed by atoms with Crippen LogP contribution in [0.4, 0.5) is 0 Å². The van der Waals surface area contributed by atoms with Crippen molar-refractivity contribution in [1.29, 1.82) is 0 Å². The quantitative estimate of drug-likeness (QED) is 0.607. The van der Waals surface area contributed by atoms with Crippen LogP contribution in [0.25, 0.3) is 0 Å². The second kappa shape index (κ2) is 6.98.